The molecule has 0 unspecified atom stereocenters. The van der Waals surface area contributed by atoms with Crippen LogP contribution >= 0.6 is 15.9 Å². The summed E-state index contributed by atoms with van der Waals surface area (Å²) in [4.78, 5) is 4.18. The van der Waals surface area contributed by atoms with Gasteiger partial charge in [-0.05, 0) is 29.8 Å². The third kappa shape index (κ3) is 3.46. The highest BCUT2D eigenvalue weighted by Crippen LogP contribution is 2.15. The molecule has 0 aliphatic rings. The lowest BCUT2D eigenvalue weighted by Crippen LogP contribution is -1.97. The SMILES string of the molecule is CNc1ccc(OCc2ccc(Br)cc2)cn1. The fourth-order valence-corrected chi connectivity index (χ4v) is 1.63. The van der Waals surface area contributed by atoms with E-state index in [2.05, 4.69) is 26.2 Å². The van der Waals surface area contributed by atoms with E-state index >= 15 is 0 Å². The lowest BCUT2D eigenvalue weighted by Gasteiger charge is -2.06. The van der Waals surface area contributed by atoms with Crippen LogP contribution in [0, 0.1) is 0 Å². The number of ether oxygens (including phenoxy) is 1. The van der Waals surface area contributed by atoms with Crippen LogP contribution in [0.1, 0.15) is 5.56 Å². The number of halogens is 1. The maximum absolute atomic E-state index is 5.63. The van der Waals surface area contributed by atoms with Gasteiger partial charge in [0.15, 0.2) is 0 Å². The third-order valence-electron chi connectivity index (χ3n) is 2.31. The Hall–Kier alpha value is -1.55. The van der Waals surface area contributed by atoms with E-state index in [1.165, 1.54) is 0 Å². The van der Waals surface area contributed by atoms with Gasteiger partial charge in [0.2, 0.25) is 0 Å². The maximum atomic E-state index is 5.63. The molecular weight excluding hydrogens is 280 g/mol. The Morgan fingerprint density at radius 3 is 2.53 bits per heavy atom. The Labute approximate surface area is 109 Å². The molecule has 4 heteroatoms. The van der Waals surface area contributed by atoms with Gasteiger partial charge in [-0.3, -0.25) is 0 Å². The molecule has 0 spiro atoms. The van der Waals surface area contributed by atoms with Crippen molar-refractivity contribution in [2.24, 2.45) is 0 Å². The van der Waals surface area contributed by atoms with Gasteiger partial charge in [-0.2, -0.15) is 0 Å². The average molecular weight is 293 g/mol. The van der Waals surface area contributed by atoms with Gasteiger partial charge in [-0.25, -0.2) is 4.98 Å². The van der Waals surface area contributed by atoms with Crippen LogP contribution in [0.2, 0.25) is 0 Å². The van der Waals surface area contributed by atoms with Gasteiger partial charge in [-0.15, -0.1) is 0 Å². The zero-order valence-corrected chi connectivity index (χ0v) is 11.1. The van der Waals surface area contributed by atoms with E-state index in [0.29, 0.717) is 6.61 Å². The second kappa shape index (κ2) is 5.68. The standard InChI is InChI=1S/C13H13BrN2O/c1-15-13-7-6-12(8-16-13)17-9-10-2-4-11(14)5-3-10/h2-8H,9H2,1H3,(H,15,16). The number of hydrogen-bond donors (Lipinski definition) is 1. The van der Waals surface area contributed by atoms with Crippen molar-refractivity contribution in [1.82, 2.24) is 4.98 Å². The van der Waals surface area contributed by atoms with Gasteiger partial charge in [0.1, 0.15) is 18.2 Å². The summed E-state index contributed by atoms with van der Waals surface area (Å²) in [6.45, 7) is 0.549. The first kappa shape index (κ1) is 11.9. The van der Waals surface area contributed by atoms with Gasteiger partial charge in [0, 0.05) is 11.5 Å². The Kier molecular flexibility index (Phi) is 3.98. The summed E-state index contributed by atoms with van der Waals surface area (Å²) < 4.78 is 6.70. The minimum atomic E-state index is 0.549. The second-order valence-electron chi connectivity index (χ2n) is 3.54. The van der Waals surface area contributed by atoms with E-state index in [9.17, 15) is 0 Å². The predicted octanol–water partition coefficient (Wildman–Crippen LogP) is 3.46. The van der Waals surface area contributed by atoms with E-state index in [1.54, 1.807) is 6.20 Å². The number of anilines is 1. The molecule has 0 radical (unpaired) electrons. The molecule has 1 aromatic carbocycles. The van der Waals surface area contributed by atoms with Gasteiger partial charge < -0.3 is 10.1 Å². The van der Waals surface area contributed by atoms with Gasteiger partial charge in [0.05, 0.1) is 6.20 Å². The minimum absolute atomic E-state index is 0.549. The summed E-state index contributed by atoms with van der Waals surface area (Å²) in [5.41, 5.74) is 1.13. The van der Waals surface area contributed by atoms with Crippen LogP contribution in [0.4, 0.5) is 5.82 Å². The minimum Gasteiger partial charge on any atom is -0.487 e. The topological polar surface area (TPSA) is 34.1 Å². The highest BCUT2D eigenvalue weighted by atomic mass is 79.9. The molecule has 2 rings (SSSR count). The van der Waals surface area contributed by atoms with Gasteiger partial charge in [-0.1, -0.05) is 28.1 Å². The Balaban J connectivity index is 1.95. The fourth-order valence-electron chi connectivity index (χ4n) is 1.36. The molecule has 3 nitrogen and oxygen atoms in total. The van der Waals surface area contributed by atoms with Crippen molar-refractivity contribution in [3.05, 3.63) is 52.6 Å². The van der Waals surface area contributed by atoms with Crippen LogP contribution in [0.15, 0.2) is 47.1 Å². The molecule has 0 atom stereocenters. The number of benzene rings is 1. The lowest BCUT2D eigenvalue weighted by molar-refractivity contribution is 0.305. The lowest BCUT2D eigenvalue weighted by atomic mass is 10.2. The molecule has 0 saturated heterocycles. The monoisotopic (exact) mass is 292 g/mol. The Morgan fingerprint density at radius 1 is 1.18 bits per heavy atom. The van der Waals surface area contributed by atoms with E-state index < -0.39 is 0 Å². The number of pyridine rings is 1. The first-order valence-corrected chi connectivity index (χ1v) is 6.08. The van der Waals surface area contributed by atoms with Crippen LogP contribution in [0.25, 0.3) is 0 Å². The zero-order valence-electron chi connectivity index (χ0n) is 9.48. The maximum Gasteiger partial charge on any atom is 0.138 e. The van der Waals surface area contributed by atoms with Crippen LogP contribution in [0.3, 0.4) is 0 Å². The number of nitrogens with one attached hydrogen (secondary N) is 1. The normalized spacial score (nSPS) is 10.0. The van der Waals surface area contributed by atoms with Gasteiger partial charge >= 0.3 is 0 Å². The summed E-state index contributed by atoms with van der Waals surface area (Å²) in [6.07, 6.45) is 1.71. The number of rotatable bonds is 4. The zero-order chi connectivity index (χ0) is 12.1. The molecule has 1 N–H and O–H groups in total. The molecule has 0 saturated carbocycles. The molecule has 88 valence electrons. The smallest absolute Gasteiger partial charge is 0.138 e. The highest BCUT2D eigenvalue weighted by Gasteiger charge is 1.97. The van der Waals surface area contributed by atoms with Crippen LogP contribution in [-0.2, 0) is 6.61 Å². The predicted molar refractivity (Wildman–Crippen MR) is 72.3 cm³/mol. The number of aromatic nitrogens is 1. The highest BCUT2D eigenvalue weighted by molar-refractivity contribution is 9.10. The Morgan fingerprint density at radius 2 is 1.94 bits per heavy atom. The van der Waals surface area contributed by atoms with Crippen LogP contribution < -0.4 is 10.1 Å². The molecule has 0 amide bonds. The summed E-state index contributed by atoms with van der Waals surface area (Å²) in [5, 5.41) is 2.96. The number of nitrogens with zero attached hydrogens (tertiary/aromatic N) is 1. The molecule has 17 heavy (non-hydrogen) atoms. The number of hydrogen-bond acceptors (Lipinski definition) is 3. The van der Waals surface area contributed by atoms with Gasteiger partial charge in [0.25, 0.3) is 0 Å². The largest absolute Gasteiger partial charge is 0.487 e. The molecule has 0 aliphatic heterocycles. The molecule has 1 heterocycles. The summed E-state index contributed by atoms with van der Waals surface area (Å²) in [5.74, 6) is 1.60. The van der Waals surface area contributed by atoms with Crippen LogP contribution in [-0.4, -0.2) is 12.0 Å². The molecular formula is C13H13BrN2O. The quantitative estimate of drug-likeness (QED) is 0.937. The van der Waals surface area contributed by atoms with Crippen molar-refractivity contribution >= 4 is 21.7 Å². The average Bonchev–Trinajstić information content (AvgIpc) is 2.39. The van der Waals surface area contributed by atoms with Crippen LogP contribution in [0.5, 0.6) is 5.75 Å². The van der Waals surface area contributed by atoms with Crippen molar-refractivity contribution in [3.8, 4) is 5.75 Å². The second-order valence-corrected chi connectivity index (χ2v) is 4.46. The van der Waals surface area contributed by atoms with Crippen molar-refractivity contribution in [1.29, 1.82) is 0 Å². The molecule has 0 fully saturated rings. The first-order chi connectivity index (χ1) is 8.28. The molecule has 2 aromatic rings. The van der Waals surface area contributed by atoms with Crippen molar-refractivity contribution in [3.63, 3.8) is 0 Å². The Bertz CT molecular complexity index is 468. The summed E-state index contributed by atoms with van der Waals surface area (Å²) in [7, 11) is 1.84. The molecule has 0 aliphatic carbocycles. The third-order valence-corrected chi connectivity index (χ3v) is 2.84. The van der Waals surface area contributed by atoms with E-state index in [1.807, 2.05) is 43.4 Å². The van der Waals surface area contributed by atoms with Crippen molar-refractivity contribution in [2.75, 3.05) is 12.4 Å². The van der Waals surface area contributed by atoms with Crippen molar-refractivity contribution < 1.29 is 4.74 Å². The fraction of sp³-hybridized carbons (Fsp3) is 0.154. The summed E-state index contributed by atoms with van der Waals surface area (Å²) in [6, 6.07) is 11.8. The van der Waals surface area contributed by atoms with E-state index in [-0.39, 0.29) is 0 Å². The summed E-state index contributed by atoms with van der Waals surface area (Å²) >= 11 is 3.40. The van der Waals surface area contributed by atoms with Crippen molar-refractivity contribution in [2.45, 2.75) is 6.61 Å². The van der Waals surface area contributed by atoms with E-state index in [0.717, 1.165) is 21.6 Å². The molecule has 1 aromatic heterocycles. The first-order valence-electron chi connectivity index (χ1n) is 5.29. The molecule has 0 bridgehead atoms. The van der Waals surface area contributed by atoms with E-state index in [4.69, 9.17) is 4.74 Å².